The van der Waals surface area contributed by atoms with Crippen molar-refractivity contribution in [1.82, 2.24) is 5.06 Å². The van der Waals surface area contributed by atoms with E-state index >= 15 is 0 Å². The Hall–Kier alpha value is -0.570. The zero-order valence-electron chi connectivity index (χ0n) is 9.67. The average molecular weight is 199 g/mol. The number of hydrogen-bond acceptors (Lipinski definition) is 3. The summed E-state index contributed by atoms with van der Waals surface area (Å²) in [5, 5.41) is 1.85. The normalized spacial score (nSPS) is 22.4. The first-order valence-corrected chi connectivity index (χ1v) is 5.43. The number of nitrogens with zero attached hydrogens (tertiary/aromatic N) is 1. The lowest BCUT2D eigenvalue weighted by Crippen LogP contribution is -2.48. The Morgan fingerprint density at radius 1 is 1.36 bits per heavy atom. The highest BCUT2D eigenvalue weighted by Gasteiger charge is 2.33. The molecule has 0 aromatic heterocycles. The zero-order valence-corrected chi connectivity index (χ0v) is 9.67. The molecule has 3 heteroatoms. The number of hydroxylamine groups is 2. The molecule has 0 saturated carbocycles. The summed E-state index contributed by atoms with van der Waals surface area (Å²) in [5.41, 5.74) is 0.00278. The van der Waals surface area contributed by atoms with Crippen molar-refractivity contribution in [2.24, 2.45) is 5.92 Å². The molecule has 0 radical (unpaired) electrons. The molecule has 0 spiro atoms. The van der Waals surface area contributed by atoms with Gasteiger partial charge in [0, 0.05) is 6.54 Å². The fourth-order valence-electron chi connectivity index (χ4n) is 1.62. The Labute approximate surface area is 86.4 Å². The van der Waals surface area contributed by atoms with E-state index in [2.05, 4.69) is 13.8 Å². The average Bonchev–Trinajstić information content (AvgIpc) is 2.08. The van der Waals surface area contributed by atoms with Gasteiger partial charge in [0.05, 0.1) is 11.5 Å². The van der Waals surface area contributed by atoms with Crippen LogP contribution >= 0.6 is 0 Å². The lowest BCUT2D eigenvalue weighted by molar-refractivity contribution is -0.228. The summed E-state index contributed by atoms with van der Waals surface area (Å²) >= 11 is 0. The molecular formula is C11H21NO2. The van der Waals surface area contributed by atoms with Gasteiger partial charge >= 0.3 is 5.97 Å². The molecule has 1 aliphatic rings. The van der Waals surface area contributed by atoms with Gasteiger partial charge in [0.15, 0.2) is 0 Å². The third-order valence-electron chi connectivity index (χ3n) is 2.75. The molecule has 0 bridgehead atoms. The van der Waals surface area contributed by atoms with Gasteiger partial charge in [0.1, 0.15) is 0 Å². The van der Waals surface area contributed by atoms with E-state index in [-0.39, 0.29) is 17.4 Å². The predicted octanol–water partition coefficient (Wildman–Crippen LogP) is 2.37. The molecule has 3 nitrogen and oxygen atoms in total. The van der Waals surface area contributed by atoms with Crippen LogP contribution in [0.4, 0.5) is 0 Å². The minimum Gasteiger partial charge on any atom is -0.367 e. The second-order valence-electron chi connectivity index (χ2n) is 4.94. The topological polar surface area (TPSA) is 29.5 Å². The second-order valence-corrected chi connectivity index (χ2v) is 4.94. The van der Waals surface area contributed by atoms with Crippen LogP contribution in [0.5, 0.6) is 0 Å². The molecule has 1 fully saturated rings. The maximum absolute atomic E-state index is 11.4. The maximum atomic E-state index is 11.4. The van der Waals surface area contributed by atoms with E-state index in [0.29, 0.717) is 0 Å². The van der Waals surface area contributed by atoms with Gasteiger partial charge in [-0.05, 0) is 26.7 Å². The van der Waals surface area contributed by atoms with Crippen LogP contribution in [-0.2, 0) is 9.63 Å². The van der Waals surface area contributed by atoms with Gasteiger partial charge in [0.2, 0.25) is 0 Å². The van der Waals surface area contributed by atoms with Crippen molar-refractivity contribution in [2.45, 2.75) is 52.5 Å². The lowest BCUT2D eigenvalue weighted by Gasteiger charge is -2.40. The first-order chi connectivity index (χ1) is 6.43. The second kappa shape index (κ2) is 4.30. The zero-order chi connectivity index (χ0) is 10.8. The standard InChI is InChI=1S/C11H21NO2/c1-9(2)10(13)14-12-8-6-5-7-11(12,3)4/h9H,5-8H2,1-4H3. The summed E-state index contributed by atoms with van der Waals surface area (Å²) in [6.07, 6.45) is 3.44. The summed E-state index contributed by atoms with van der Waals surface area (Å²) < 4.78 is 0. The Kier molecular flexibility index (Phi) is 3.53. The van der Waals surface area contributed by atoms with Gasteiger partial charge in [-0.25, -0.2) is 0 Å². The molecule has 0 aliphatic carbocycles. The quantitative estimate of drug-likeness (QED) is 0.683. The van der Waals surface area contributed by atoms with Crippen molar-refractivity contribution in [2.75, 3.05) is 6.54 Å². The Bertz CT molecular complexity index is 211. The van der Waals surface area contributed by atoms with Crippen LogP contribution in [0.3, 0.4) is 0 Å². The number of hydrogen-bond donors (Lipinski definition) is 0. The largest absolute Gasteiger partial charge is 0.367 e. The summed E-state index contributed by atoms with van der Waals surface area (Å²) in [6.45, 7) is 8.84. The van der Waals surface area contributed by atoms with Gasteiger partial charge < -0.3 is 4.84 Å². The minimum atomic E-state index is -0.125. The molecule has 1 heterocycles. The molecule has 0 N–H and O–H groups in total. The molecule has 1 rings (SSSR count). The van der Waals surface area contributed by atoms with Crippen LogP contribution in [0.25, 0.3) is 0 Å². The van der Waals surface area contributed by atoms with Gasteiger partial charge in [-0.1, -0.05) is 20.3 Å². The van der Waals surface area contributed by atoms with Crippen LogP contribution in [0.15, 0.2) is 0 Å². The molecule has 0 unspecified atom stereocenters. The summed E-state index contributed by atoms with van der Waals surface area (Å²) in [7, 11) is 0. The van der Waals surface area contributed by atoms with E-state index in [1.54, 1.807) is 0 Å². The van der Waals surface area contributed by atoms with Crippen molar-refractivity contribution < 1.29 is 9.63 Å². The minimum absolute atomic E-state index is 0.00278. The van der Waals surface area contributed by atoms with Crippen LogP contribution in [0.2, 0.25) is 0 Å². The van der Waals surface area contributed by atoms with Crippen molar-refractivity contribution in [3.63, 3.8) is 0 Å². The van der Waals surface area contributed by atoms with Crippen LogP contribution < -0.4 is 0 Å². The van der Waals surface area contributed by atoms with Crippen molar-refractivity contribution in [1.29, 1.82) is 0 Å². The van der Waals surface area contributed by atoms with Gasteiger partial charge in [-0.2, -0.15) is 0 Å². The van der Waals surface area contributed by atoms with Gasteiger partial charge in [0.25, 0.3) is 0 Å². The highest BCUT2D eigenvalue weighted by Crippen LogP contribution is 2.27. The maximum Gasteiger partial charge on any atom is 0.327 e. The van der Waals surface area contributed by atoms with Gasteiger partial charge in [-0.15, -0.1) is 5.06 Å². The van der Waals surface area contributed by atoms with E-state index in [4.69, 9.17) is 4.84 Å². The fourth-order valence-corrected chi connectivity index (χ4v) is 1.62. The molecule has 1 saturated heterocycles. The first kappa shape index (κ1) is 11.5. The Balaban J connectivity index is 2.54. The number of carbonyl (C=O) groups is 1. The van der Waals surface area contributed by atoms with Crippen LogP contribution in [-0.4, -0.2) is 23.1 Å². The van der Waals surface area contributed by atoms with Crippen LogP contribution in [0.1, 0.15) is 47.0 Å². The fraction of sp³-hybridized carbons (Fsp3) is 0.909. The molecular weight excluding hydrogens is 178 g/mol. The molecule has 0 atom stereocenters. The number of piperidine rings is 1. The molecule has 14 heavy (non-hydrogen) atoms. The number of rotatable bonds is 2. The monoisotopic (exact) mass is 199 g/mol. The van der Waals surface area contributed by atoms with Gasteiger partial charge in [-0.3, -0.25) is 4.79 Å². The van der Waals surface area contributed by atoms with E-state index in [9.17, 15) is 4.79 Å². The summed E-state index contributed by atoms with van der Waals surface area (Å²) in [6, 6.07) is 0. The smallest absolute Gasteiger partial charge is 0.327 e. The first-order valence-electron chi connectivity index (χ1n) is 5.43. The predicted molar refractivity (Wildman–Crippen MR) is 55.6 cm³/mol. The van der Waals surface area contributed by atoms with E-state index < -0.39 is 0 Å². The lowest BCUT2D eigenvalue weighted by atomic mass is 9.93. The molecule has 0 amide bonds. The summed E-state index contributed by atoms with van der Waals surface area (Å²) in [5.74, 6) is -0.173. The highest BCUT2D eigenvalue weighted by molar-refractivity contribution is 5.71. The third kappa shape index (κ3) is 2.71. The van der Waals surface area contributed by atoms with Crippen molar-refractivity contribution in [3.05, 3.63) is 0 Å². The number of carbonyl (C=O) groups excluding carboxylic acids is 1. The van der Waals surface area contributed by atoms with Crippen molar-refractivity contribution in [3.8, 4) is 0 Å². The molecule has 82 valence electrons. The Morgan fingerprint density at radius 2 is 2.00 bits per heavy atom. The summed E-state index contributed by atoms with van der Waals surface area (Å²) in [4.78, 5) is 16.8. The van der Waals surface area contributed by atoms with Crippen molar-refractivity contribution >= 4 is 5.97 Å². The third-order valence-corrected chi connectivity index (χ3v) is 2.75. The highest BCUT2D eigenvalue weighted by atomic mass is 16.7. The van der Waals surface area contributed by atoms with E-state index in [1.807, 2.05) is 18.9 Å². The SMILES string of the molecule is CC(C)C(=O)ON1CCCCC1(C)C. The molecule has 0 aromatic rings. The molecule has 1 aliphatic heterocycles. The van der Waals surface area contributed by atoms with E-state index in [1.165, 1.54) is 6.42 Å². The van der Waals surface area contributed by atoms with E-state index in [0.717, 1.165) is 19.4 Å². The van der Waals surface area contributed by atoms with Crippen LogP contribution in [0, 0.1) is 5.92 Å². The Morgan fingerprint density at radius 3 is 2.50 bits per heavy atom. The molecule has 0 aromatic carbocycles.